The predicted molar refractivity (Wildman–Crippen MR) is 63.3 cm³/mol. The number of likely N-dealkylation sites (tertiary alicyclic amines) is 1. The summed E-state index contributed by atoms with van der Waals surface area (Å²) < 4.78 is 0. The number of piperazine rings is 2. The van der Waals surface area contributed by atoms with Gasteiger partial charge in [-0.15, -0.1) is 0 Å². The average Bonchev–Trinajstić information content (AvgIpc) is 2.94. The molecule has 2 N–H and O–H groups in total. The largest absolute Gasteiger partial charge is 0.311 e. The maximum atomic E-state index is 3.79. The summed E-state index contributed by atoms with van der Waals surface area (Å²) in [5.74, 6) is 0. The molecule has 4 fully saturated rings. The van der Waals surface area contributed by atoms with Crippen LogP contribution in [0, 0.1) is 0 Å². The van der Waals surface area contributed by atoms with Crippen LogP contribution >= 0.6 is 0 Å². The molecule has 16 heavy (non-hydrogen) atoms. The van der Waals surface area contributed by atoms with E-state index in [4.69, 9.17) is 0 Å². The van der Waals surface area contributed by atoms with E-state index in [0.717, 1.165) is 24.2 Å². The second-order valence-electron chi connectivity index (χ2n) is 6.01. The van der Waals surface area contributed by atoms with Crippen LogP contribution < -0.4 is 10.6 Å². The second kappa shape index (κ2) is 3.42. The minimum atomic E-state index is 0.626. The molecule has 4 bridgehead atoms. The van der Waals surface area contributed by atoms with Crippen molar-refractivity contribution < 1.29 is 0 Å². The van der Waals surface area contributed by atoms with Crippen LogP contribution in [0.2, 0.25) is 0 Å². The minimum absolute atomic E-state index is 0.626. The number of nitrogens with one attached hydrogen (secondary N) is 2. The molecule has 0 spiro atoms. The topological polar surface area (TPSA) is 30.5 Å². The lowest BCUT2D eigenvalue weighted by atomic mass is 10.1. The van der Waals surface area contributed by atoms with Crippen molar-refractivity contribution in [1.82, 2.24) is 20.4 Å². The lowest BCUT2D eigenvalue weighted by Crippen LogP contribution is -2.65. The van der Waals surface area contributed by atoms with Gasteiger partial charge in [-0.1, -0.05) is 0 Å². The third kappa shape index (κ3) is 1.24. The molecule has 4 heteroatoms. The van der Waals surface area contributed by atoms with E-state index in [2.05, 4.69) is 27.5 Å². The van der Waals surface area contributed by atoms with Crippen molar-refractivity contribution in [2.75, 3.05) is 26.7 Å². The fourth-order valence-electron chi connectivity index (χ4n) is 4.33. The molecule has 0 saturated carbocycles. The van der Waals surface area contributed by atoms with E-state index in [-0.39, 0.29) is 0 Å². The highest BCUT2D eigenvalue weighted by Crippen LogP contribution is 2.33. The van der Waals surface area contributed by atoms with E-state index in [1.165, 1.54) is 38.9 Å². The van der Waals surface area contributed by atoms with Crippen molar-refractivity contribution in [2.24, 2.45) is 0 Å². The van der Waals surface area contributed by atoms with Gasteiger partial charge in [0.05, 0.1) is 6.17 Å². The Balaban J connectivity index is 1.55. The van der Waals surface area contributed by atoms with Crippen LogP contribution in [0.15, 0.2) is 0 Å². The van der Waals surface area contributed by atoms with Crippen LogP contribution in [0.1, 0.15) is 19.3 Å². The SMILES string of the molecule is CN1C2CC[C@H]1CN[C@H]2N1CC2CC1CN2. The molecule has 4 aliphatic heterocycles. The standard InChI is InChI=1S/C12H22N4/c1-15-9-2-3-11(15)12(14-5-9)16-7-8-4-10(16)6-13-8/h8-14H,2-7H2,1H3/t8?,9-,10?,11?,12-/m0/s1. The lowest BCUT2D eigenvalue weighted by molar-refractivity contribution is 0.0309. The van der Waals surface area contributed by atoms with E-state index in [0.29, 0.717) is 6.17 Å². The molecule has 0 aliphatic carbocycles. The van der Waals surface area contributed by atoms with Crippen molar-refractivity contribution in [3.63, 3.8) is 0 Å². The highest BCUT2D eigenvalue weighted by Gasteiger charge is 2.48. The Kier molecular flexibility index (Phi) is 2.10. The maximum absolute atomic E-state index is 3.79. The lowest BCUT2D eigenvalue weighted by Gasteiger charge is -2.45. The van der Waals surface area contributed by atoms with Crippen LogP contribution in [0.4, 0.5) is 0 Å². The van der Waals surface area contributed by atoms with E-state index >= 15 is 0 Å². The highest BCUT2D eigenvalue weighted by atomic mass is 15.4. The molecule has 4 nitrogen and oxygen atoms in total. The van der Waals surface area contributed by atoms with Gasteiger partial charge in [0, 0.05) is 43.8 Å². The third-order valence-corrected chi connectivity index (χ3v) is 5.28. The summed E-state index contributed by atoms with van der Waals surface area (Å²) in [7, 11) is 2.32. The van der Waals surface area contributed by atoms with Crippen molar-refractivity contribution in [1.29, 1.82) is 0 Å². The van der Waals surface area contributed by atoms with Gasteiger partial charge in [-0.2, -0.15) is 0 Å². The summed E-state index contributed by atoms with van der Waals surface area (Å²) in [4.78, 5) is 5.37. The van der Waals surface area contributed by atoms with Gasteiger partial charge >= 0.3 is 0 Å². The molecule has 0 aromatic rings. The first-order valence-corrected chi connectivity index (χ1v) is 6.77. The molecule has 0 radical (unpaired) electrons. The van der Waals surface area contributed by atoms with Gasteiger partial charge in [0.2, 0.25) is 0 Å². The summed E-state index contributed by atoms with van der Waals surface area (Å²) in [5, 5.41) is 7.39. The Bertz CT molecular complexity index is 295. The summed E-state index contributed by atoms with van der Waals surface area (Å²) in [6.45, 7) is 3.67. The van der Waals surface area contributed by atoms with Crippen molar-refractivity contribution >= 4 is 0 Å². The van der Waals surface area contributed by atoms with Crippen LogP contribution in [0.3, 0.4) is 0 Å². The van der Waals surface area contributed by atoms with Gasteiger partial charge < -0.3 is 5.32 Å². The Hall–Kier alpha value is -0.160. The summed E-state index contributed by atoms with van der Waals surface area (Å²) in [5.41, 5.74) is 0. The Labute approximate surface area is 97.3 Å². The first-order chi connectivity index (χ1) is 7.83. The molecule has 3 unspecified atom stereocenters. The zero-order valence-electron chi connectivity index (χ0n) is 10.0. The molecular formula is C12H22N4. The number of nitrogens with zero attached hydrogens (tertiary/aromatic N) is 2. The first kappa shape index (κ1) is 9.83. The zero-order valence-corrected chi connectivity index (χ0v) is 10.0. The third-order valence-electron chi connectivity index (χ3n) is 5.28. The van der Waals surface area contributed by atoms with E-state index in [1.807, 2.05) is 0 Å². The molecule has 4 aliphatic rings. The minimum Gasteiger partial charge on any atom is -0.311 e. The summed E-state index contributed by atoms with van der Waals surface area (Å²) in [6, 6.07) is 3.14. The first-order valence-electron chi connectivity index (χ1n) is 6.77. The summed E-state index contributed by atoms with van der Waals surface area (Å²) >= 11 is 0. The average molecular weight is 222 g/mol. The Morgan fingerprint density at radius 2 is 1.94 bits per heavy atom. The molecule has 4 saturated heterocycles. The van der Waals surface area contributed by atoms with Crippen LogP contribution in [0.25, 0.3) is 0 Å². The molecular weight excluding hydrogens is 200 g/mol. The quantitative estimate of drug-likeness (QED) is 0.622. The van der Waals surface area contributed by atoms with E-state index < -0.39 is 0 Å². The number of likely N-dealkylation sites (N-methyl/N-ethyl adjacent to an activating group) is 1. The zero-order chi connectivity index (χ0) is 10.7. The smallest absolute Gasteiger partial charge is 0.0761 e. The van der Waals surface area contributed by atoms with E-state index in [9.17, 15) is 0 Å². The monoisotopic (exact) mass is 222 g/mol. The van der Waals surface area contributed by atoms with Crippen molar-refractivity contribution in [2.45, 2.75) is 49.6 Å². The van der Waals surface area contributed by atoms with Crippen LogP contribution in [-0.4, -0.2) is 66.8 Å². The maximum Gasteiger partial charge on any atom is 0.0761 e. The van der Waals surface area contributed by atoms with Gasteiger partial charge in [-0.3, -0.25) is 15.1 Å². The molecule has 90 valence electrons. The van der Waals surface area contributed by atoms with Gasteiger partial charge in [0.15, 0.2) is 0 Å². The molecule has 4 rings (SSSR count). The fraction of sp³-hybridized carbons (Fsp3) is 1.00. The highest BCUT2D eigenvalue weighted by molar-refractivity contribution is 5.05. The van der Waals surface area contributed by atoms with E-state index in [1.54, 1.807) is 0 Å². The van der Waals surface area contributed by atoms with Gasteiger partial charge in [-0.25, -0.2) is 0 Å². The van der Waals surface area contributed by atoms with Crippen molar-refractivity contribution in [3.8, 4) is 0 Å². The predicted octanol–water partition coefficient (Wildman–Crippen LogP) is -0.575. The normalized spacial score (nSPS) is 52.7. The van der Waals surface area contributed by atoms with Gasteiger partial charge in [0.25, 0.3) is 0 Å². The van der Waals surface area contributed by atoms with Crippen LogP contribution in [0.5, 0.6) is 0 Å². The fourth-order valence-corrected chi connectivity index (χ4v) is 4.33. The van der Waals surface area contributed by atoms with Crippen LogP contribution in [-0.2, 0) is 0 Å². The summed E-state index contributed by atoms with van der Waals surface area (Å²) in [6.07, 6.45) is 4.78. The molecule has 5 atom stereocenters. The molecule has 4 heterocycles. The second-order valence-corrected chi connectivity index (χ2v) is 6.01. The number of rotatable bonds is 1. The van der Waals surface area contributed by atoms with Gasteiger partial charge in [0.1, 0.15) is 0 Å². The number of hydrogen-bond donors (Lipinski definition) is 2. The van der Waals surface area contributed by atoms with Crippen molar-refractivity contribution in [3.05, 3.63) is 0 Å². The Morgan fingerprint density at radius 3 is 2.69 bits per heavy atom. The number of fused-ring (bicyclic) bond motifs is 4. The Morgan fingerprint density at radius 1 is 1.06 bits per heavy atom. The molecule has 0 aromatic carbocycles. The van der Waals surface area contributed by atoms with Gasteiger partial charge in [-0.05, 0) is 26.3 Å². The molecule has 0 amide bonds. The number of hydrogen-bond acceptors (Lipinski definition) is 4. The molecule has 0 aromatic heterocycles.